The van der Waals surface area contributed by atoms with Crippen LogP contribution in [-0.2, 0) is 10.8 Å². The van der Waals surface area contributed by atoms with E-state index in [-0.39, 0.29) is 0 Å². The molecule has 92 heavy (non-hydrogen) atoms. The van der Waals surface area contributed by atoms with E-state index in [0.29, 0.717) is 0 Å². The van der Waals surface area contributed by atoms with Crippen molar-refractivity contribution in [2.45, 2.75) is 38.5 Å². The molecule has 2 nitrogen and oxygen atoms in total. The summed E-state index contributed by atoms with van der Waals surface area (Å²) in [6, 6.07) is 114. The van der Waals surface area contributed by atoms with Crippen LogP contribution < -0.4 is 9.80 Å². The Morgan fingerprint density at radius 1 is 0.283 bits per heavy atom. The van der Waals surface area contributed by atoms with Crippen molar-refractivity contribution in [1.82, 2.24) is 0 Å². The minimum atomic E-state index is -0.600. The molecular weight excluding hydrogens is 1110 g/mol. The van der Waals surface area contributed by atoms with E-state index in [1.807, 2.05) is 12.2 Å². The monoisotopic (exact) mass is 1180 g/mol. The lowest BCUT2D eigenvalue weighted by Crippen LogP contribution is -2.30. The number of rotatable bonds is 13. The maximum atomic E-state index is 4.13. The fourth-order valence-corrected chi connectivity index (χ4v) is 15.6. The van der Waals surface area contributed by atoms with E-state index in [2.05, 4.69) is 354 Å². The molecule has 2 aliphatic rings. The van der Waals surface area contributed by atoms with Gasteiger partial charge >= 0.3 is 0 Å². The first kappa shape index (κ1) is 56.0. The van der Waals surface area contributed by atoms with Crippen LogP contribution in [0.15, 0.2) is 316 Å². The van der Waals surface area contributed by atoms with Gasteiger partial charge in [-0.25, -0.2) is 0 Å². The second-order valence-electron chi connectivity index (χ2n) is 25.1. The van der Waals surface area contributed by atoms with Gasteiger partial charge in [0.2, 0.25) is 0 Å². The van der Waals surface area contributed by atoms with Gasteiger partial charge in [0, 0.05) is 33.5 Å². The van der Waals surface area contributed by atoms with Crippen molar-refractivity contribution in [3.63, 3.8) is 0 Å². The highest BCUT2D eigenvalue weighted by atomic mass is 15.1. The second-order valence-corrected chi connectivity index (χ2v) is 25.1. The summed E-state index contributed by atoms with van der Waals surface area (Å²) in [5, 5.41) is 4.74. The molecule has 0 radical (unpaired) electrons. The summed E-state index contributed by atoms with van der Waals surface area (Å²) in [6.45, 7) is 17.2. The lowest BCUT2D eigenvalue weighted by molar-refractivity contribution is 0.759. The average Bonchev–Trinajstić information content (AvgIpc) is 1.52. The van der Waals surface area contributed by atoms with Crippen LogP contribution in [0, 0.1) is 27.7 Å². The molecule has 2 heteroatoms. The van der Waals surface area contributed by atoms with Crippen molar-refractivity contribution in [3.05, 3.63) is 394 Å². The predicted octanol–water partition coefficient (Wildman–Crippen LogP) is 23.8. The van der Waals surface area contributed by atoms with E-state index in [4.69, 9.17) is 0 Å². The molecule has 438 valence electrons. The van der Waals surface area contributed by atoms with Gasteiger partial charge in [0.05, 0.1) is 22.2 Å². The zero-order valence-corrected chi connectivity index (χ0v) is 52.3. The topological polar surface area (TPSA) is 6.48 Å². The summed E-state index contributed by atoms with van der Waals surface area (Å²) in [4.78, 5) is 4.94. The summed E-state index contributed by atoms with van der Waals surface area (Å²) < 4.78 is 0. The Morgan fingerprint density at radius 3 is 1.05 bits per heavy atom. The molecule has 0 aliphatic heterocycles. The largest absolute Gasteiger partial charge is 0.310 e. The van der Waals surface area contributed by atoms with E-state index in [9.17, 15) is 0 Å². The molecule has 0 bridgehead atoms. The lowest BCUT2D eigenvalue weighted by atomic mass is 9.66. The van der Waals surface area contributed by atoms with Crippen LogP contribution in [0.3, 0.4) is 0 Å². The highest BCUT2D eigenvalue weighted by Gasteiger charge is 2.49. The Morgan fingerprint density at radius 2 is 0.641 bits per heavy atom. The molecule has 0 N–H and O–H groups in total. The quantitative estimate of drug-likeness (QED) is 0.114. The molecule has 0 aromatic heterocycles. The highest BCUT2D eigenvalue weighted by molar-refractivity contribution is 6.02. The first-order chi connectivity index (χ1) is 45.1. The van der Waals surface area contributed by atoms with E-state index in [1.54, 1.807) is 0 Å². The van der Waals surface area contributed by atoms with Gasteiger partial charge in [0.15, 0.2) is 0 Å². The molecule has 0 amide bonds. The van der Waals surface area contributed by atoms with Gasteiger partial charge in [-0.2, -0.15) is 0 Å². The second kappa shape index (κ2) is 22.3. The molecule has 0 saturated carbocycles. The SMILES string of the molecule is C=Cc1ccc(C2(c3cc(C)ccc3C)c3ccccc3-c3ccc(N(c4ccc(-c5ccc(N(c6ccc7c(c6)C(c6ccc(C=C)cc6)(c6cc(C)ccc6C)c6ccccc6-7)c6cccc7ccccc67)cc5)cc4)c4cccc5ccccc45)cc32)cc1. The smallest absolute Gasteiger partial charge is 0.0716 e. The lowest BCUT2D eigenvalue weighted by Gasteiger charge is -2.36. The van der Waals surface area contributed by atoms with E-state index in [1.165, 1.54) is 111 Å². The van der Waals surface area contributed by atoms with Gasteiger partial charge in [0.25, 0.3) is 0 Å². The third kappa shape index (κ3) is 8.77. The van der Waals surface area contributed by atoms with E-state index >= 15 is 0 Å². The van der Waals surface area contributed by atoms with Crippen molar-refractivity contribution in [2.24, 2.45) is 0 Å². The Labute approximate surface area is 540 Å². The van der Waals surface area contributed by atoms with Gasteiger partial charge in [-0.3, -0.25) is 0 Å². The molecule has 2 atom stereocenters. The average molecular weight is 1180 g/mol. The van der Waals surface area contributed by atoms with E-state index in [0.717, 1.165) is 56.4 Å². The summed E-state index contributed by atoms with van der Waals surface area (Å²) in [5.41, 5.74) is 29.9. The first-order valence-corrected chi connectivity index (χ1v) is 32.0. The van der Waals surface area contributed by atoms with Crippen molar-refractivity contribution >= 4 is 67.8 Å². The Kier molecular flexibility index (Phi) is 13.6. The first-order valence-electron chi connectivity index (χ1n) is 32.0. The molecule has 0 spiro atoms. The number of nitrogens with zero attached hydrogens (tertiary/aromatic N) is 2. The van der Waals surface area contributed by atoms with Crippen LogP contribution in [0.4, 0.5) is 34.1 Å². The van der Waals surface area contributed by atoms with Crippen molar-refractivity contribution in [2.75, 3.05) is 9.80 Å². The number of hydrogen-bond acceptors (Lipinski definition) is 2. The third-order valence-electron chi connectivity index (χ3n) is 19.9. The Bertz CT molecular complexity index is 4900. The number of hydrogen-bond donors (Lipinski definition) is 0. The molecule has 14 aromatic rings. The minimum Gasteiger partial charge on any atom is -0.310 e. The number of anilines is 6. The number of fused-ring (bicyclic) bond motifs is 8. The minimum absolute atomic E-state index is 0.600. The Hall–Kier alpha value is -11.3. The van der Waals surface area contributed by atoms with Gasteiger partial charge in [-0.1, -0.05) is 279 Å². The number of benzene rings is 14. The molecular formula is C90H68N2. The number of aryl methyl sites for hydroxylation is 4. The molecule has 14 aromatic carbocycles. The van der Waals surface area contributed by atoms with Gasteiger partial charge in [0.1, 0.15) is 0 Å². The predicted molar refractivity (Wildman–Crippen MR) is 390 cm³/mol. The molecule has 0 heterocycles. The van der Waals surface area contributed by atoms with Crippen LogP contribution >= 0.6 is 0 Å². The fraction of sp³-hybridized carbons (Fsp3) is 0.0667. The molecule has 0 saturated heterocycles. The molecule has 2 unspecified atom stereocenters. The molecule has 0 fully saturated rings. The maximum absolute atomic E-state index is 4.13. The van der Waals surface area contributed by atoms with Gasteiger partial charge in [-0.15, -0.1) is 0 Å². The van der Waals surface area contributed by atoms with Crippen molar-refractivity contribution < 1.29 is 0 Å². The standard InChI is InChI=1S/C90H68N2/c1-7-63-35-43-69(44-36-63)89(83-55-59(3)31-33-61(83)5)81-27-15-13-25-77(81)79-53-51-73(57-85(79)89)91(87-29-17-21-67-19-9-11-23-75(67)87)71-47-39-65(40-48-71)66-41-49-72(50-42-66)92(88-30-18-22-68-20-10-12-24-76(68)88)74-52-54-80-78-26-14-16-28-82(78)90(86(80)58-74,70-45-37-64(8-2)38-46-70)84-56-60(4)32-34-62(84)6/h7-58H,1-2H2,3-6H3. The van der Waals surface area contributed by atoms with Gasteiger partial charge in [-0.05, 0) is 199 Å². The van der Waals surface area contributed by atoms with Crippen LogP contribution in [0.25, 0.3) is 67.1 Å². The van der Waals surface area contributed by atoms with Gasteiger partial charge < -0.3 is 9.80 Å². The maximum Gasteiger partial charge on any atom is 0.0716 e. The van der Waals surface area contributed by atoms with Crippen LogP contribution in [0.5, 0.6) is 0 Å². The summed E-state index contributed by atoms with van der Waals surface area (Å²) in [6.07, 6.45) is 3.87. The van der Waals surface area contributed by atoms with Crippen molar-refractivity contribution in [3.8, 4) is 33.4 Å². The summed E-state index contributed by atoms with van der Waals surface area (Å²) in [7, 11) is 0. The molecule has 2 aliphatic carbocycles. The van der Waals surface area contributed by atoms with Crippen LogP contribution in [0.1, 0.15) is 77.9 Å². The highest BCUT2D eigenvalue weighted by Crippen LogP contribution is 2.60. The Balaban J connectivity index is 0.833. The fourth-order valence-electron chi connectivity index (χ4n) is 15.6. The zero-order chi connectivity index (χ0) is 62.2. The molecule has 16 rings (SSSR count). The normalized spacial score (nSPS) is 15.1. The third-order valence-corrected chi connectivity index (χ3v) is 19.9. The van der Waals surface area contributed by atoms with E-state index < -0.39 is 10.8 Å². The van der Waals surface area contributed by atoms with Crippen molar-refractivity contribution in [1.29, 1.82) is 0 Å². The van der Waals surface area contributed by atoms with Crippen LogP contribution in [0.2, 0.25) is 0 Å². The summed E-state index contributed by atoms with van der Waals surface area (Å²) >= 11 is 0. The van der Waals surface area contributed by atoms with Crippen LogP contribution in [-0.4, -0.2) is 0 Å². The zero-order valence-electron chi connectivity index (χ0n) is 52.3. The summed E-state index contributed by atoms with van der Waals surface area (Å²) in [5.74, 6) is 0.